The number of anilines is 1. The molecule has 0 bridgehead atoms. The number of carbonyl (C=O) groups excluding carboxylic acids is 1. The van der Waals surface area contributed by atoms with E-state index >= 15 is 0 Å². The van der Waals surface area contributed by atoms with Gasteiger partial charge in [0.2, 0.25) is 0 Å². The fraction of sp³-hybridized carbons (Fsp3) is 0.343. The molecular formula is C35H39FN2O4. The summed E-state index contributed by atoms with van der Waals surface area (Å²) in [6.45, 7) is 7.12. The minimum atomic E-state index is -0.502. The van der Waals surface area contributed by atoms with Gasteiger partial charge in [0.05, 0.1) is 23.5 Å². The highest BCUT2D eigenvalue weighted by molar-refractivity contribution is 6.12. The lowest BCUT2D eigenvalue weighted by molar-refractivity contribution is -0.214. The van der Waals surface area contributed by atoms with Crippen molar-refractivity contribution >= 4 is 11.6 Å². The summed E-state index contributed by atoms with van der Waals surface area (Å²) >= 11 is 0. The molecule has 1 amide bonds. The quantitative estimate of drug-likeness (QED) is 0.206. The molecule has 1 aromatic heterocycles. The van der Waals surface area contributed by atoms with E-state index in [-0.39, 0.29) is 23.7 Å². The minimum Gasteiger partial charge on any atom is -0.393 e. The number of aliphatic hydroxyl groups is 1. The number of halogens is 1. The van der Waals surface area contributed by atoms with E-state index in [0.29, 0.717) is 43.7 Å². The molecule has 0 spiro atoms. The second-order valence-corrected chi connectivity index (χ2v) is 11.0. The van der Waals surface area contributed by atoms with Gasteiger partial charge < -0.3 is 24.5 Å². The topological polar surface area (TPSA) is 72.7 Å². The van der Waals surface area contributed by atoms with Gasteiger partial charge in [-0.15, -0.1) is 0 Å². The van der Waals surface area contributed by atoms with Gasteiger partial charge in [-0.25, -0.2) is 4.39 Å². The van der Waals surface area contributed by atoms with Crippen molar-refractivity contribution < 1.29 is 23.8 Å². The van der Waals surface area contributed by atoms with E-state index in [1.165, 1.54) is 12.1 Å². The molecule has 220 valence electrons. The number of hydrogen-bond acceptors (Lipinski definition) is 4. The fourth-order valence-electron chi connectivity index (χ4n) is 5.91. The first kappa shape index (κ1) is 29.7. The number of aliphatic hydroxyl groups excluding tert-OH is 1. The van der Waals surface area contributed by atoms with E-state index in [2.05, 4.69) is 23.7 Å². The van der Waals surface area contributed by atoms with Gasteiger partial charge in [-0.2, -0.15) is 0 Å². The molecule has 3 atom stereocenters. The monoisotopic (exact) mass is 570 g/mol. The van der Waals surface area contributed by atoms with Crippen LogP contribution in [0.25, 0.3) is 22.4 Å². The van der Waals surface area contributed by atoms with Crippen LogP contribution in [0.2, 0.25) is 0 Å². The Morgan fingerprint density at radius 2 is 1.67 bits per heavy atom. The van der Waals surface area contributed by atoms with Crippen LogP contribution in [0.1, 0.15) is 62.0 Å². The first-order valence-corrected chi connectivity index (χ1v) is 14.7. The standard InChI is InChI=1S/C35H39FN2O4/c1-4-41-30-22-28(39)21-29(42-30)19-20-38-33(23(2)3)32(35(40)37-27-13-9-6-10-14-27)31(24-11-7-5-8-12-24)34(38)25-15-17-26(36)18-16-25/h5-18,23,28-30,39H,4,19-22H2,1-3H3,(H,37,40)/t28-,29-,30?/m1/s1. The molecule has 1 saturated heterocycles. The number of para-hydroxylation sites is 1. The van der Waals surface area contributed by atoms with Crippen LogP contribution in [0.15, 0.2) is 84.9 Å². The lowest BCUT2D eigenvalue weighted by Crippen LogP contribution is -2.37. The van der Waals surface area contributed by atoms with Crippen LogP contribution in [0.4, 0.5) is 10.1 Å². The molecule has 6 nitrogen and oxygen atoms in total. The molecular weight excluding hydrogens is 531 g/mol. The Morgan fingerprint density at radius 3 is 2.31 bits per heavy atom. The molecule has 0 saturated carbocycles. The van der Waals surface area contributed by atoms with E-state index in [1.807, 2.05) is 67.6 Å². The molecule has 42 heavy (non-hydrogen) atoms. The van der Waals surface area contributed by atoms with E-state index in [9.17, 15) is 14.3 Å². The third-order valence-corrected chi connectivity index (χ3v) is 7.66. The third-order valence-electron chi connectivity index (χ3n) is 7.66. The number of rotatable bonds is 10. The summed E-state index contributed by atoms with van der Waals surface area (Å²) < 4.78 is 28.2. The number of nitrogens with one attached hydrogen (secondary N) is 1. The Labute approximate surface area is 247 Å². The normalized spacial score (nSPS) is 18.8. The highest BCUT2D eigenvalue weighted by atomic mass is 19.1. The van der Waals surface area contributed by atoms with Crippen LogP contribution < -0.4 is 5.32 Å². The van der Waals surface area contributed by atoms with Crippen molar-refractivity contribution in [3.8, 4) is 22.4 Å². The lowest BCUT2D eigenvalue weighted by atomic mass is 9.94. The highest BCUT2D eigenvalue weighted by Crippen LogP contribution is 2.43. The number of amides is 1. The molecule has 1 fully saturated rings. The molecule has 0 aliphatic carbocycles. The van der Waals surface area contributed by atoms with Gasteiger partial charge in [0.1, 0.15) is 5.82 Å². The van der Waals surface area contributed by atoms with Crippen LogP contribution in [-0.4, -0.2) is 40.7 Å². The summed E-state index contributed by atoms with van der Waals surface area (Å²) in [6.07, 6.45) is 0.418. The number of ether oxygens (including phenoxy) is 2. The van der Waals surface area contributed by atoms with Gasteiger partial charge >= 0.3 is 0 Å². The number of benzene rings is 3. The fourth-order valence-corrected chi connectivity index (χ4v) is 5.91. The van der Waals surface area contributed by atoms with Crippen LogP contribution in [0, 0.1) is 5.82 Å². The van der Waals surface area contributed by atoms with Crippen LogP contribution in [-0.2, 0) is 16.0 Å². The van der Waals surface area contributed by atoms with Gasteiger partial charge in [-0.05, 0) is 73.2 Å². The molecule has 0 radical (unpaired) electrons. The first-order valence-electron chi connectivity index (χ1n) is 14.7. The zero-order valence-corrected chi connectivity index (χ0v) is 24.4. The van der Waals surface area contributed by atoms with Gasteiger partial charge in [0.15, 0.2) is 6.29 Å². The maximum Gasteiger partial charge on any atom is 0.258 e. The SMILES string of the molecule is CCOC1C[C@H](O)C[C@@H](CCn2c(-c3ccc(F)cc3)c(-c3ccccc3)c(C(=O)Nc3ccccc3)c2C(C)C)O1. The zero-order valence-electron chi connectivity index (χ0n) is 24.4. The van der Waals surface area contributed by atoms with Gasteiger partial charge in [0.25, 0.3) is 5.91 Å². The number of carbonyl (C=O) groups is 1. The predicted molar refractivity (Wildman–Crippen MR) is 164 cm³/mol. The van der Waals surface area contributed by atoms with E-state index in [1.54, 1.807) is 12.1 Å². The Morgan fingerprint density at radius 1 is 1.00 bits per heavy atom. The van der Waals surface area contributed by atoms with E-state index < -0.39 is 12.4 Å². The third kappa shape index (κ3) is 6.65. The second kappa shape index (κ2) is 13.5. The van der Waals surface area contributed by atoms with Crippen molar-refractivity contribution in [1.82, 2.24) is 4.57 Å². The summed E-state index contributed by atoms with van der Waals surface area (Å²) in [5.41, 5.74) is 5.55. The Kier molecular flexibility index (Phi) is 9.52. The molecule has 2 N–H and O–H groups in total. The molecule has 7 heteroatoms. The summed E-state index contributed by atoms with van der Waals surface area (Å²) in [5.74, 6) is -0.533. The van der Waals surface area contributed by atoms with Crippen molar-refractivity contribution in [3.63, 3.8) is 0 Å². The average Bonchev–Trinajstić information content (AvgIpc) is 3.33. The van der Waals surface area contributed by atoms with Gasteiger partial charge in [-0.3, -0.25) is 4.79 Å². The first-order chi connectivity index (χ1) is 20.4. The van der Waals surface area contributed by atoms with Crippen molar-refractivity contribution in [2.45, 2.75) is 71.0 Å². The summed E-state index contributed by atoms with van der Waals surface area (Å²) in [5, 5.41) is 13.6. The lowest BCUT2D eigenvalue weighted by Gasteiger charge is -2.33. The maximum absolute atomic E-state index is 14.2. The molecule has 1 aliphatic heterocycles. The van der Waals surface area contributed by atoms with E-state index in [0.717, 1.165) is 28.1 Å². The number of nitrogens with zero attached hydrogens (tertiary/aromatic N) is 1. The minimum absolute atomic E-state index is 0.00720. The Hall–Kier alpha value is -3.78. The van der Waals surface area contributed by atoms with Crippen LogP contribution >= 0.6 is 0 Å². The average molecular weight is 571 g/mol. The number of aromatic nitrogens is 1. The Balaban J connectivity index is 1.67. The number of hydrogen-bond donors (Lipinski definition) is 2. The largest absolute Gasteiger partial charge is 0.393 e. The zero-order chi connectivity index (χ0) is 29.6. The molecule has 5 rings (SSSR count). The van der Waals surface area contributed by atoms with Crippen molar-refractivity contribution in [2.75, 3.05) is 11.9 Å². The second-order valence-electron chi connectivity index (χ2n) is 11.0. The van der Waals surface area contributed by atoms with Crippen LogP contribution in [0.3, 0.4) is 0 Å². The molecule has 1 unspecified atom stereocenters. The molecule has 3 aromatic carbocycles. The van der Waals surface area contributed by atoms with Gasteiger partial charge in [-0.1, -0.05) is 62.4 Å². The Bertz CT molecular complexity index is 1470. The highest BCUT2D eigenvalue weighted by Gasteiger charge is 2.33. The molecule has 4 aromatic rings. The van der Waals surface area contributed by atoms with Crippen molar-refractivity contribution in [3.05, 3.63) is 102 Å². The van der Waals surface area contributed by atoms with Crippen molar-refractivity contribution in [2.24, 2.45) is 0 Å². The maximum atomic E-state index is 14.2. The molecule has 2 heterocycles. The van der Waals surface area contributed by atoms with Crippen LogP contribution in [0.5, 0.6) is 0 Å². The summed E-state index contributed by atoms with van der Waals surface area (Å²) in [4.78, 5) is 14.2. The molecule has 1 aliphatic rings. The smallest absolute Gasteiger partial charge is 0.258 e. The van der Waals surface area contributed by atoms with E-state index in [4.69, 9.17) is 9.47 Å². The summed E-state index contributed by atoms with van der Waals surface area (Å²) in [6, 6.07) is 25.7. The predicted octanol–water partition coefficient (Wildman–Crippen LogP) is 7.63. The summed E-state index contributed by atoms with van der Waals surface area (Å²) in [7, 11) is 0. The van der Waals surface area contributed by atoms with Gasteiger partial charge in [0, 0.05) is 36.5 Å². The van der Waals surface area contributed by atoms with Crippen molar-refractivity contribution in [1.29, 1.82) is 0 Å².